The molecule has 1 nitrogen and oxygen atoms in total. The first-order chi connectivity index (χ1) is 8.28. The largest absolute Gasteiger partial charge is 0.252 e. The van der Waals surface area contributed by atoms with E-state index in [1.54, 1.807) is 5.57 Å². The molecule has 1 fully saturated rings. The molecule has 1 saturated carbocycles. The third-order valence-corrected chi connectivity index (χ3v) is 4.91. The highest BCUT2D eigenvalue weighted by Crippen LogP contribution is 2.59. The van der Waals surface area contributed by atoms with Crippen molar-refractivity contribution in [2.75, 3.05) is 0 Å². The summed E-state index contributed by atoms with van der Waals surface area (Å²) in [4.78, 5) is 0. The fourth-order valence-corrected chi connectivity index (χ4v) is 3.56. The quantitative estimate of drug-likeness (QED) is 0.677. The first kappa shape index (κ1) is 9.76. The van der Waals surface area contributed by atoms with E-state index in [1.165, 1.54) is 49.1 Å². The van der Waals surface area contributed by atoms with Gasteiger partial charge in [-0.15, -0.1) is 0 Å². The van der Waals surface area contributed by atoms with Crippen LogP contribution >= 0.6 is 0 Å². The van der Waals surface area contributed by atoms with Gasteiger partial charge in [-0.05, 0) is 49.2 Å². The number of benzene rings is 1. The highest BCUT2D eigenvalue weighted by Gasteiger charge is 2.49. The van der Waals surface area contributed by atoms with Crippen molar-refractivity contribution in [3.05, 3.63) is 35.5 Å². The van der Waals surface area contributed by atoms with Crippen LogP contribution in [-0.2, 0) is 0 Å². The van der Waals surface area contributed by atoms with Gasteiger partial charge in [0, 0.05) is 17.2 Å². The molecule has 0 amide bonds. The molecule has 0 saturated heterocycles. The van der Waals surface area contributed by atoms with Gasteiger partial charge in [-0.25, -0.2) is 0 Å². The van der Waals surface area contributed by atoms with Crippen molar-refractivity contribution < 1.29 is 0 Å². The lowest BCUT2D eigenvalue weighted by atomic mass is 9.77. The van der Waals surface area contributed by atoms with Gasteiger partial charge in [0.2, 0.25) is 0 Å². The van der Waals surface area contributed by atoms with Crippen molar-refractivity contribution in [3.8, 4) is 0 Å². The molecule has 1 unspecified atom stereocenters. The van der Waals surface area contributed by atoms with Gasteiger partial charge in [0.1, 0.15) is 0 Å². The van der Waals surface area contributed by atoms with E-state index in [2.05, 4.69) is 31.2 Å². The number of fused-ring (bicyclic) bond motifs is 2. The first-order valence-corrected chi connectivity index (χ1v) is 6.82. The molecule has 4 rings (SSSR count). The van der Waals surface area contributed by atoms with Gasteiger partial charge < -0.3 is 0 Å². The fourth-order valence-electron chi connectivity index (χ4n) is 3.56. The lowest BCUT2D eigenvalue weighted by molar-refractivity contribution is 0.338. The number of hydrogen-bond acceptors (Lipinski definition) is 0. The summed E-state index contributed by atoms with van der Waals surface area (Å²) < 4.78 is 0. The predicted molar refractivity (Wildman–Crippen MR) is 69.8 cm³/mol. The van der Waals surface area contributed by atoms with E-state index >= 15 is 0 Å². The molecule has 0 aromatic heterocycles. The molecule has 3 aliphatic rings. The third kappa shape index (κ3) is 1.31. The second kappa shape index (κ2) is 3.16. The second-order valence-corrected chi connectivity index (χ2v) is 6.09. The second-order valence-electron chi connectivity index (χ2n) is 6.09. The number of para-hydroxylation sites is 1. The molecule has 1 heteroatoms. The Morgan fingerprint density at radius 2 is 2.06 bits per heavy atom. The molecular weight excluding hydrogens is 206 g/mol. The van der Waals surface area contributed by atoms with Gasteiger partial charge in [0.15, 0.2) is 0 Å². The minimum Gasteiger partial charge on any atom is -0.252 e. The van der Waals surface area contributed by atoms with E-state index in [0.717, 1.165) is 5.92 Å². The van der Waals surface area contributed by atoms with E-state index in [-0.39, 0.29) is 0 Å². The molecule has 1 radical (unpaired) electrons. The first-order valence-electron chi connectivity index (χ1n) is 6.82. The van der Waals surface area contributed by atoms with Crippen LogP contribution in [0.5, 0.6) is 0 Å². The lowest BCUT2D eigenvalue weighted by Crippen LogP contribution is -2.21. The van der Waals surface area contributed by atoms with E-state index in [4.69, 9.17) is 5.32 Å². The molecule has 1 atom stereocenters. The van der Waals surface area contributed by atoms with Gasteiger partial charge in [-0.2, -0.15) is 0 Å². The maximum atomic E-state index is 4.94. The molecule has 1 aromatic rings. The monoisotopic (exact) mass is 224 g/mol. The molecule has 0 bridgehead atoms. The zero-order chi connectivity index (χ0) is 11.5. The molecule has 1 aliphatic heterocycles. The van der Waals surface area contributed by atoms with E-state index in [0.29, 0.717) is 5.41 Å². The highest BCUT2D eigenvalue weighted by molar-refractivity contribution is 5.82. The summed E-state index contributed by atoms with van der Waals surface area (Å²) in [6, 6.07) is 8.67. The summed E-state index contributed by atoms with van der Waals surface area (Å²) in [5.41, 5.74) is 6.21. The van der Waals surface area contributed by atoms with Crippen molar-refractivity contribution in [1.29, 1.82) is 0 Å². The van der Waals surface area contributed by atoms with Gasteiger partial charge in [0.25, 0.3) is 0 Å². The van der Waals surface area contributed by atoms with E-state index < -0.39 is 0 Å². The smallest absolute Gasteiger partial charge is 0.0708 e. The van der Waals surface area contributed by atoms with Crippen molar-refractivity contribution in [1.82, 2.24) is 5.32 Å². The van der Waals surface area contributed by atoms with Crippen LogP contribution in [0, 0.1) is 11.3 Å². The molecule has 0 spiro atoms. The minimum absolute atomic E-state index is 0.576. The Hall–Kier alpha value is -1.24. The van der Waals surface area contributed by atoms with Crippen molar-refractivity contribution in [2.24, 2.45) is 11.3 Å². The number of nitrogens with zero attached hydrogens (tertiary/aromatic N) is 1. The topological polar surface area (TPSA) is 14.1 Å². The summed E-state index contributed by atoms with van der Waals surface area (Å²) in [7, 11) is 0. The van der Waals surface area contributed by atoms with Crippen LogP contribution in [-0.4, -0.2) is 0 Å². The normalized spacial score (nSPS) is 28.4. The zero-order valence-electron chi connectivity index (χ0n) is 10.4. The third-order valence-electron chi connectivity index (χ3n) is 4.91. The van der Waals surface area contributed by atoms with Crippen LogP contribution in [0.1, 0.15) is 44.6 Å². The minimum atomic E-state index is 0.576. The Kier molecular flexibility index (Phi) is 1.81. The molecule has 87 valence electrons. The lowest BCUT2D eigenvalue weighted by Gasteiger charge is -2.29. The summed E-state index contributed by atoms with van der Waals surface area (Å²) in [6.07, 6.45) is 6.75. The van der Waals surface area contributed by atoms with Crippen molar-refractivity contribution >= 4 is 11.3 Å². The molecule has 1 heterocycles. The van der Waals surface area contributed by atoms with Gasteiger partial charge in [0.05, 0.1) is 5.69 Å². The molecule has 17 heavy (non-hydrogen) atoms. The van der Waals surface area contributed by atoms with Crippen LogP contribution in [0.4, 0.5) is 5.69 Å². The Morgan fingerprint density at radius 3 is 2.88 bits per heavy atom. The number of allylic oxidation sites excluding steroid dienone is 2. The van der Waals surface area contributed by atoms with Crippen LogP contribution in [0.25, 0.3) is 5.57 Å². The standard InChI is InChI=1S/C16H18N/c1-16(9-10-16)13-7-4-6-12-11-5-2-3-8-14(11)17-15(12)13/h2-3,5,8,13H,4,6-7,9-10H2,1H3. The summed E-state index contributed by atoms with van der Waals surface area (Å²) in [5, 5.41) is 4.94. The molecular formula is C16H18N. The average Bonchev–Trinajstić information content (AvgIpc) is 2.99. The Bertz CT molecular complexity index is 508. The molecule has 1 aromatic carbocycles. The van der Waals surface area contributed by atoms with Gasteiger partial charge in [-0.1, -0.05) is 25.1 Å². The van der Waals surface area contributed by atoms with Crippen molar-refractivity contribution in [2.45, 2.75) is 39.0 Å². The summed E-state index contributed by atoms with van der Waals surface area (Å²) >= 11 is 0. The highest BCUT2D eigenvalue weighted by atomic mass is 14.9. The van der Waals surface area contributed by atoms with Crippen LogP contribution in [0.15, 0.2) is 30.0 Å². The molecule has 0 N–H and O–H groups in total. The number of rotatable bonds is 1. The SMILES string of the molecule is CC1(C2CCCC3=C2[N]c2ccccc23)CC1. The Balaban J connectivity index is 1.80. The summed E-state index contributed by atoms with van der Waals surface area (Å²) in [5.74, 6) is 0.735. The predicted octanol–water partition coefficient (Wildman–Crippen LogP) is 4.25. The Labute approximate surface area is 103 Å². The average molecular weight is 224 g/mol. The van der Waals surface area contributed by atoms with E-state index in [9.17, 15) is 0 Å². The van der Waals surface area contributed by atoms with Gasteiger partial charge >= 0.3 is 0 Å². The van der Waals surface area contributed by atoms with Crippen LogP contribution < -0.4 is 5.32 Å². The maximum absolute atomic E-state index is 4.94. The fraction of sp³-hybridized carbons (Fsp3) is 0.500. The Morgan fingerprint density at radius 1 is 1.24 bits per heavy atom. The van der Waals surface area contributed by atoms with Crippen molar-refractivity contribution in [3.63, 3.8) is 0 Å². The zero-order valence-corrected chi connectivity index (χ0v) is 10.4. The molecule has 2 aliphatic carbocycles. The summed E-state index contributed by atoms with van der Waals surface area (Å²) in [6.45, 7) is 2.45. The maximum Gasteiger partial charge on any atom is 0.0708 e. The number of hydrogen-bond donors (Lipinski definition) is 0. The van der Waals surface area contributed by atoms with Crippen LogP contribution in [0.2, 0.25) is 0 Å². The van der Waals surface area contributed by atoms with Gasteiger partial charge in [-0.3, -0.25) is 5.32 Å². The van der Waals surface area contributed by atoms with E-state index in [1.807, 2.05) is 0 Å². The van der Waals surface area contributed by atoms with Crippen LogP contribution in [0.3, 0.4) is 0 Å².